The number of hydrogen-bond acceptors (Lipinski definition) is 2. The quantitative estimate of drug-likeness (QED) is 0.469. The standard InChI is InChI=1S/C28H21NO2/c30-27-24-12-6-11-23-22(19-8-2-1-3-9-19)15-16-25(26(23)24)28(31)29(27)21-14-13-18-7-4-5-10-20(18)17-21/h1-2,4,6-8,11-17H,3,5,9-10H2. The van der Waals surface area contributed by atoms with Crippen molar-refractivity contribution in [3.63, 3.8) is 0 Å². The van der Waals surface area contributed by atoms with Crippen LogP contribution in [0.5, 0.6) is 0 Å². The monoisotopic (exact) mass is 403 g/mol. The first kappa shape index (κ1) is 18.1. The lowest BCUT2D eigenvalue weighted by Gasteiger charge is -2.29. The molecular weight excluding hydrogens is 382 g/mol. The van der Waals surface area contributed by atoms with E-state index < -0.39 is 0 Å². The molecule has 0 saturated carbocycles. The van der Waals surface area contributed by atoms with Gasteiger partial charge in [-0.3, -0.25) is 9.59 Å². The minimum absolute atomic E-state index is 0.246. The van der Waals surface area contributed by atoms with Crippen LogP contribution in [0, 0.1) is 0 Å². The van der Waals surface area contributed by atoms with Crippen molar-refractivity contribution in [2.24, 2.45) is 0 Å². The molecule has 0 atom stereocenters. The van der Waals surface area contributed by atoms with Gasteiger partial charge in [0.25, 0.3) is 11.8 Å². The van der Waals surface area contributed by atoms with E-state index in [1.807, 2.05) is 48.5 Å². The third-order valence-corrected chi connectivity index (χ3v) is 6.53. The van der Waals surface area contributed by atoms with Crippen molar-refractivity contribution in [1.82, 2.24) is 0 Å². The number of amides is 2. The lowest BCUT2D eigenvalue weighted by molar-refractivity contribution is 0.0893. The number of imide groups is 1. The number of aryl methyl sites for hydroxylation is 1. The van der Waals surface area contributed by atoms with E-state index in [2.05, 4.69) is 30.4 Å². The molecule has 0 saturated heterocycles. The summed E-state index contributed by atoms with van der Waals surface area (Å²) in [4.78, 5) is 28.4. The van der Waals surface area contributed by atoms with E-state index in [1.165, 1.54) is 16.0 Å². The number of anilines is 1. The molecule has 0 N–H and O–H groups in total. The van der Waals surface area contributed by atoms with Gasteiger partial charge in [0, 0.05) is 16.5 Å². The van der Waals surface area contributed by atoms with Gasteiger partial charge in [-0.1, -0.05) is 54.6 Å². The summed E-state index contributed by atoms with van der Waals surface area (Å²) in [6, 6.07) is 15.6. The lowest BCUT2D eigenvalue weighted by atomic mass is 9.86. The van der Waals surface area contributed by atoms with Crippen LogP contribution in [-0.4, -0.2) is 11.8 Å². The molecule has 6 rings (SSSR count). The number of hydrogen-bond donors (Lipinski definition) is 0. The maximum atomic E-state index is 13.5. The first-order valence-corrected chi connectivity index (χ1v) is 10.8. The molecule has 0 aromatic heterocycles. The summed E-state index contributed by atoms with van der Waals surface area (Å²) in [6.45, 7) is 0. The molecule has 3 aromatic carbocycles. The van der Waals surface area contributed by atoms with Crippen molar-refractivity contribution < 1.29 is 9.59 Å². The summed E-state index contributed by atoms with van der Waals surface area (Å²) in [7, 11) is 0. The van der Waals surface area contributed by atoms with Gasteiger partial charge in [0.15, 0.2) is 0 Å². The number of benzene rings is 3. The molecule has 3 heteroatoms. The second kappa shape index (κ2) is 6.92. The summed E-state index contributed by atoms with van der Waals surface area (Å²) in [5.74, 6) is -0.492. The minimum Gasteiger partial charge on any atom is -0.268 e. The molecule has 31 heavy (non-hydrogen) atoms. The van der Waals surface area contributed by atoms with Crippen LogP contribution in [0.4, 0.5) is 5.69 Å². The van der Waals surface area contributed by atoms with Gasteiger partial charge < -0.3 is 0 Å². The third kappa shape index (κ3) is 2.73. The molecule has 0 unspecified atom stereocenters. The fourth-order valence-electron chi connectivity index (χ4n) is 5.00. The Labute approximate surface area is 181 Å². The molecule has 3 aliphatic rings. The van der Waals surface area contributed by atoms with Crippen molar-refractivity contribution in [2.45, 2.75) is 25.7 Å². The predicted molar refractivity (Wildman–Crippen MR) is 125 cm³/mol. The molecule has 2 aliphatic carbocycles. The zero-order chi connectivity index (χ0) is 20.9. The van der Waals surface area contributed by atoms with E-state index in [-0.39, 0.29) is 11.8 Å². The Morgan fingerprint density at radius 2 is 1.58 bits per heavy atom. The molecule has 0 spiro atoms. The molecule has 1 aliphatic heterocycles. The molecule has 2 amide bonds. The van der Waals surface area contributed by atoms with Gasteiger partial charge in [0.05, 0.1) is 5.69 Å². The Morgan fingerprint density at radius 1 is 0.774 bits per heavy atom. The Bertz CT molecular complexity index is 1350. The second-order valence-corrected chi connectivity index (χ2v) is 8.32. The average Bonchev–Trinajstić information content (AvgIpc) is 2.83. The van der Waals surface area contributed by atoms with Crippen molar-refractivity contribution >= 4 is 39.9 Å². The van der Waals surface area contributed by atoms with Gasteiger partial charge in [0.2, 0.25) is 0 Å². The predicted octanol–water partition coefficient (Wildman–Crippen LogP) is 6.33. The molecule has 3 aromatic rings. The van der Waals surface area contributed by atoms with Gasteiger partial charge >= 0.3 is 0 Å². The van der Waals surface area contributed by atoms with Crippen LogP contribution in [-0.2, 0) is 6.42 Å². The Balaban J connectivity index is 1.52. The smallest absolute Gasteiger partial charge is 0.265 e. The fourth-order valence-corrected chi connectivity index (χ4v) is 5.00. The number of nitrogens with zero attached hydrogens (tertiary/aromatic N) is 1. The molecule has 1 heterocycles. The number of fused-ring (bicyclic) bond motifs is 1. The fraction of sp³-hybridized carbons (Fsp3) is 0.143. The summed E-state index contributed by atoms with van der Waals surface area (Å²) in [6.07, 6.45) is 14.5. The number of rotatable bonds is 2. The van der Waals surface area contributed by atoms with Crippen LogP contribution in [0.1, 0.15) is 56.7 Å². The molecule has 0 fully saturated rings. The van der Waals surface area contributed by atoms with Crippen LogP contribution >= 0.6 is 0 Å². The lowest BCUT2D eigenvalue weighted by Crippen LogP contribution is -2.40. The number of carbonyl (C=O) groups is 2. The van der Waals surface area contributed by atoms with Crippen LogP contribution < -0.4 is 4.90 Å². The van der Waals surface area contributed by atoms with E-state index >= 15 is 0 Å². The van der Waals surface area contributed by atoms with Crippen LogP contribution in [0.3, 0.4) is 0 Å². The Morgan fingerprint density at radius 3 is 2.42 bits per heavy atom. The largest absolute Gasteiger partial charge is 0.268 e. The van der Waals surface area contributed by atoms with Gasteiger partial charge in [-0.25, -0.2) is 4.90 Å². The highest BCUT2D eigenvalue weighted by atomic mass is 16.2. The molecule has 150 valence electrons. The van der Waals surface area contributed by atoms with Crippen LogP contribution in [0.2, 0.25) is 0 Å². The second-order valence-electron chi connectivity index (χ2n) is 8.32. The Kier molecular flexibility index (Phi) is 4.03. The van der Waals surface area contributed by atoms with Crippen LogP contribution in [0.15, 0.2) is 72.8 Å². The van der Waals surface area contributed by atoms with Crippen molar-refractivity contribution in [1.29, 1.82) is 0 Å². The van der Waals surface area contributed by atoms with Gasteiger partial charge in [-0.2, -0.15) is 0 Å². The number of allylic oxidation sites excluding steroid dienone is 5. The topological polar surface area (TPSA) is 37.4 Å². The van der Waals surface area contributed by atoms with E-state index in [0.717, 1.165) is 47.6 Å². The van der Waals surface area contributed by atoms with Gasteiger partial charge in [-0.05, 0) is 77.6 Å². The summed E-state index contributed by atoms with van der Waals surface area (Å²) >= 11 is 0. The third-order valence-electron chi connectivity index (χ3n) is 6.53. The highest BCUT2D eigenvalue weighted by Gasteiger charge is 2.34. The highest BCUT2D eigenvalue weighted by Crippen LogP contribution is 2.38. The summed E-state index contributed by atoms with van der Waals surface area (Å²) < 4.78 is 0. The highest BCUT2D eigenvalue weighted by molar-refractivity contribution is 6.36. The molecule has 0 bridgehead atoms. The zero-order valence-corrected chi connectivity index (χ0v) is 17.1. The minimum atomic E-state index is -0.246. The van der Waals surface area contributed by atoms with Crippen LogP contribution in [0.25, 0.3) is 22.4 Å². The SMILES string of the molecule is O=C1c2cccc3c(C4=CC=CCC4)ccc(c23)C(=O)N1c1ccc2c(c1)CCC=C2. The first-order chi connectivity index (χ1) is 15.2. The maximum absolute atomic E-state index is 13.5. The zero-order valence-electron chi connectivity index (χ0n) is 17.1. The summed E-state index contributed by atoms with van der Waals surface area (Å²) in [5, 5.41) is 1.76. The van der Waals surface area contributed by atoms with Crippen molar-refractivity contribution in [3.8, 4) is 0 Å². The van der Waals surface area contributed by atoms with Crippen molar-refractivity contribution in [3.05, 3.63) is 101 Å². The Hall–Kier alpha value is -3.72. The van der Waals surface area contributed by atoms with E-state index in [9.17, 15) is 9.59 Å². The number of carbonyl (C=O) groups excluding carboxylic acids is 2. The summed E-state index contributed by atoms with van der Waals surface area (Å²) in [5.41, 5.74) is 6.54. The molecular formula is C28H21NO2. The normalized spacial score (nSPS) is 17.2. The van der Waals surface area contributed by atoms with E-state index in [4.69, 9.17) is 0 Å². The molecule has 3 nitrogen and oxygen atoms in total. The van der Waals surface area contributed by atoms with Gasteiger partial charge in [0.1, 0.15) is 0 Å². The van der Waals surface area contributed by atoms with Gasteiger partial charge in [-0.15, -0.1) is 0 Å². The van der Waals surface area contributed by atoms with Crippen molar-refractivity contribution in [2.75, 3.05) is 4.90 Å². The maximum Gasteiger partial charge on any atom is 0.265 e. The first-order valence-electron chi connectivity index (χ1n) is 10.8. The molecule has 0 radical (unpaired) electrons. The average molecular weight is 403 g/mol. The van der Waals surface area contributed by atoms with E-state index in [0.29, 0.717) is 16.8 Å². The van der Waals surface area contributed by atoms with E-state index in [1.54, 1.807) is 0 Å².